The van der Waals surface area contributed by atoms with Gasteiger partial charge in [0.25, 0.3) is 5.91 Å². The van der Waals surface area contributed by atoms with E-state index in [1.165, 1.54) is 17.5 Å². The molecule has 39 heavy (non-hydrogen) atoms. The normalized spacial score (nSPS) is 17.2. The molecule has 200 valence electrons. The molecule has 9 nitrogen and oxygen atoms in total. The van der Waals surface area contributed by atoms with Gasteiger partial charge in [0.05, 0.1) is 48.8 Å². The van der Waals surface area contributed by atoms with E-state index in [1.807, 2.05) is 35.2 Å². The summed E-state index contributed by atoms with van der Waals surface area (Å²) < 4.78 is 11.3. The Labute approximate surface area is 228 Å². The molecule has 0 aliphatic carbocycles. The minimum Gasteiger partial charge on any atom is -0.469 e. The number of piperidine rings is 1. The molecule has 1 fully saturated rings. The van der Waals surface area contributed by atoms with Crippen molar-refractivity contribution in [1.82, 2.24) is 24.9 Å². The first-order valence-corrected chi connectivity index (χ1v) is 13.4. The Bertz CT molecular complexity index is 1430. The molecule has 0 radical (unpaired) electrons. The summed E-state index contributed by atoms with van der Waals surface area (Å²) in [6.07, 6.45) is 5.81. The molecule has 0 bridgehead atoms. The molecule has 1 amide bonds. The van der Waals surface area contributed by atoms with E-state index in [1.54, 1.807) is 18.5 Å². The summed E-state index contributed by atoms with van der Waals surface area (Å²) in [4.78, 5) is 34.1. The molecular formula is C29H32BN5O4. The van der Waals surface area contributed by atoms with Crippen molar-refractivity contribution in [3.63, 3.8) is 0 Å². The number of aromatic nitrogens is 4. The van der Waals surface area contributed by atoms with Crippen LogP contribution >= 0.6 is 0 Å². The smallest absolute Gasteiger partial charge is 0.311 e. The third kappa shape index (κ3) is 5.65. The van der Waals surface area contributed by atoms with Crippen molar-refractivity contribution in [2.24, 2.45) is 0 Å². The molecule has 1 saturated heterocycles. The summed E-state index contributed by atoms with van der Waals surface area (Å²) in [7, 11) is 2.43. The lowest BCUT2D eigenvalue weighted by atomic mass is 9.75. The molecule has 4 aromatic rings. The number of carbonyl (C=O) groups is 2. The quantitative estimate of drug-likeness (QED) is 0.253. The van der Waals surface area contributed by atoms with E-state index in [9.17, 15) is 9.59 Å². The summed E-state index contributed by atoms with van der Waals surface area (Å²) in [5.74, 6) is 0.535. The topological polar surface area (TPSA) is 103 Å². The second-order valence-corrected chi connectivity index (χ2v) is 9.94. The number of methoxy groups -OCH3 is 1. The lowest BCUT2D eigenvalue weighted by Gasteiger charge is -2.37. The molecule has 1 aliphatic rings. The zero-order valence-corrected chi connectivity index (χ0v) is 22.5. The zero-order valence-electron chi connectivity index (χ0n) is 22.5. The predicted octanol–water partition coefficient (Wildman–Crippen LogP) is 4.03. The number of ether oxygens (including phenoxy) is 1. The van der Waals surface area contributed by atoms with Crippen LogP contribution in [0.1, 0.15) is 53.2 Å². The number of para-hydroxylation sites is 1. The molecule has 5 rings (SSSR count). The molecule has 0 N–H and O–H groups in total. The lowest BCUT2D eigenvalue weighted by molar-refractivity contribution is -0.139. The van der Waals surface area contributed by atoms with Gasteiger partial charge in [-0.2, -0.15) is 15.0 Å². The second-order valence-electron chi connectivity index (χ2n) is 9.94. The first-order valence-electron chi connectivity index (χ1n) is 13.4. The van der Waals surface area contributed by atoms with Crippen molar-refractivity contribution in [3.05, 3.63) is 83.6 Å². The van der Waals surface area contributed by atoms with Gasteiger partial charge in [0, 0.05) is 18.2 Å². The number of hydrogen-bond donors (Lipinski definition) is 0. The molecule has 2 aromatic carbocycles. The molecular weight excluding hydrogens is 493 g/mol. The van der Waals surface area contributed by atoms with Crippen molar-refractivity contribution in [3.8, 4) is 17.0 Å². The fourth-order valence-electron chi connectivity index (χ4n) is 5.13. The average Bonchev–Trinajstić information content (AvgIpc) is 3.64. The highest BCUT2D eigenvalue weighted by molar-refractivity contribution is 6.32. The molecule has 1 aliphatic heterocycles. The largest absolute Gasteiger partial charge is 0.469 e. The Morgan fingerprint density at radius 1 is 1.08 bits per heavy atom. The summed E-state index contributed by atoms with van der Waals surface area (Å²) in [5, 5.41) is 8.43. The van der Waals surface area contributed by atoms with E-state index < -0.39 is 0 Å². The van der Waals surface area contributed by atoms with Crippen LogP contribution < -0.4 is 0 Å². The van der Waals surface area contributed by atoms with Crippen LogP contribution in [-0.4, -0.2) is 63.7 Å². The number of likely N-dealkylation sites (tertiary alicyclic amines) is 1. The van der Waals surface area contributed by atoms with Gasteiger partial charge in [-0.15, -0.1) is 0 Å². The SMILES string of the molecule is CBCc1ccc(-c2oc([C@@H]3CC[C@@H](C)N(C(=O)c4ccccc4-n4nccn4)C3)nc2CC(=O)OC)cc1. The van der Waals surface area contributed by atoms with E-state index in [0.29, 0.717) is 35.1 Å². The number of benzene rings is 2. The van der Waals surface area contributed by atoms with E-state index >= 15 is 0 Å². The highest BCUT2D eigenvalue weighted by atomic mass is 16.5. The Hall–Kier alpha value is -4.21. The monoisotopic (exact) mass is 525 g/mol. The number of carbonyl (C=O) groups excluding carboxylic acids is 2. The van der Waals surface area contributed by atoms with Crippen molar-refractivity contribution < 1.29 is 18.7 Å². The fraction of sp³-hybridized carbons (Fsp3) is 0.345. The Balaban J connectivity index is 1.44. The van der Waals surface area contributed by atoms with Crippen LogP contribution in [0.15, 0.2) is 65.3 Å². The number of oxazole rings is 1. The van der Waals surface area contributed by atoms with E-state index in [-0.39, 0.29) is 30.3 Å². The van der Waals surface area contributed by atoms with Gasteiger partial charge in [0.15, 0.2) is 11.7 Å². The van der Waals surface area contributed by atoms with Crippen LogP contribution in [0.25, 0.3) is 17.0 Å². The maximum absolute atomic E-state index is 13.8. The Kier molecular flexibility index (Phi) is 7.90. The van der Waals surface area contributed by atoms with Crippen LogP contribution in [0.2, 0.25) is 6.82 Å². The highest BCUT2D eigenvalue weighted by Gasteiger charge is 2.34. The third-order valence-electron chi connectivity index (χ3n) is 7.27. The van der Waals surface area contributed by atoms with Crippen molar-refractivity contribution in [2.75, 3.05) is 13.7 Å². The van der Waals surface area contributed by atoms with Crippen molar-refractivity contribution in [2.45, 2.75) is 51.3 Å². The Morgan fingerprint density at radius 3 is 2.54 bits per heavy atom. The standard InChI is InChI=1S/C29H32BN5O4/c1-19-8-11-22(18-34(19)29(37)23-6-4-5-7-25(23)35-31-14-15-32-35)28-33-24(16-26(36)38-3)27(39-28)21-12-9-20(10-13-21)17-30-2/h4-7,9-10,12-15,19,22,30H,8,11,16-18H2,1-3H3/t19-,22-/m1/s1. The maximum atomic E-state index is 13.8. The summed E-state index contributed by atoms with van der Waals surface area (Å²) in [5.41, 5.74) is 3.83. The predicted molar refractivity (Wildman–Crippen MR) is 148 cm³/mol. The molecule has 0 saturated carbocycles. The number of hydrogen-bond acceptors (Lipinski definition) is 7. The van der Waals surface area contributed by atoms with Gasteiger partial charge >= 0.3 is 5.97 Å². The van der Waals surface area contributed by atoms with Crippen LogP contribution in [0.4, 0.5) is 0 Å². The van der Waals surface area contributed by atoms with Gasteiger partial charge in [0.2, 0.25) is 0 Å². The minimum absolute atomic E-state index is 0.0159. The van der Waals surface area contributed by atoms with Crippen LogP contribution in [0, 0.1) is 0 Å². The van der Waals surface area contributed by atoms with Gasteiger partial charge in [-0.05, 0) is 31.9 Å². The molecule has 2 atom stereocenters. The van der Waals surface area contributed by atoms with Gasteiger partial charge < -0.3 is 14.1 Å². The molecule has 10 heteroatoms. The summed E-state index contributed by atoms with van der Waals surface area (Å²) >= 11 is 0. The molecule has 0 unspecified atom stereocenters. The minimum atomic E-state index is -0.378. The molecule has 3 heterocycles. The number of rotatable bonds is 8. The van der Waals surface area contributed by atoms with E-state index in [0.717, 1.165) is 32.0 Å². The summed E-state index contributed by atoms with van der Waals surface area (Å²) in [6, 6.07) is 15.6. The average molecular weight is 525 g/mol. The molecule has 0 spiro atoms. The number of amides is 1. The van der Waals surface area contributed by atoms with Gasteiger partial charge in [-0.25, -0.2) is 4.98 Å². The zero-order chi connectivity index (χ0) is 27.4. The highest BCUT2D eigenvalue weighted by Crippen LogP contribution is 2.35. The van der Waals surface area contributed by atoms with Crippen LogP contribution in [0.3, 0.4) is 0 Å². The first kappa shape index (κ1) is 26.4. The van der Waals surface area contributed by atoms with Crippen LogP contribution in [0.5, 0.6) is 0 Å². The van der Waals surface area contributed by atoms with Crippen molar-refractivity contribution in [1.29, 1.82) is 0 Å². The number of esters is 1. The second kappa shape index (κ2) is 11.7. The lowest BCUT2D eigenvalue weighted by Crippen LogP contribution is -2.45. The Morgan fingerprint density at radius 2 is 1.82 bits per heavy atom. The molecule has 2 aromatic heterocycles. The van der Waals surface area contributed by atoms with Crippen LogP contribution in [-0.2, 0) is 22.3 Å². The van der Waals surface area contributed by atoms with Crippen molar-refractivity contribution >= 4 is 19.2 Å². The van der Waals surface area contributed by atoms with E-state index in [2.05, 4.69) is 36.1 Å². The van der Waals surface area contributed by atoms with Gasteiger partial charge in [0.1, 0.15) is 7.28 Å². The third-order valence-corrected chi connectivity index (χ3v) is 7.27. The summed E-state index contributed by atoms with van der Waals surface area (Å²) in [6.45, 7) is 4.66. The maximum Gasteiger partial charge on any atom is 0.311 e. The van der Waals surface area contributed by atoms with Gasteiger partial charge in [-0.1, -0.05) is 55.1 Å². The number of nitrogens with zero attached hydrogens (tertiary/aromatic N) is 5. The fourth-order valence-corrected chi connectivity index (χ4v) is 5.13. The van der Waals surface area contributed by atoms with Gasteiger partial charge in [-0.3, -0.25) is 9.59 Å². The first-order chi connectivity index (χ1) is 19.0. The van der Waals surface area contributed by atoms with E-state index in [4.69, 9.17) is 14.1 Å².